The number of hydrogen-bond acceptors (Lipinski definition) is 8. The molecule has 10 nitrogen and oxygen atoms in total. The molecule has 4 rings (SSSR count). The number of aliphatic hydroxyl groups excluding tert-OH is 2. The molecule has 0 spiro atoms. The lowest BCUT2D eigenvalue weighted by atomic mass is 9.82. The van der Waals surface area contributed by atoms with E-state index in [9.17, 15) is 30.4 Å². The fourth-order valence-electron chi connectivity index (χ4n) is 4.42. The first kappa shape index (κ1) is 23.1. The quantitative estimate of drug-likeness (QED) is 0.403. The van der Waals surface area contributed by atoms with E-state index >= 15 is 0 Å². The maximum atomic E-state index is 11.6. The third-order valence-electron chi connectivity index (χ3n) is 6.05. The van der Waals surface area contributed by atoms with Crippen LogP contribution >= 0.6 is 11.6 Å². The Kier molecular flexibility index (Phi) is 6.35. The fraction of sp³-hybridized carbons (Fsp3) is 0.364. The minimum Gasteiger partial charge on any atom is -0.461 e. The van der Waals surface area contributed by atoms with E-state index in [1.54, 1.807) is 6.07 Å². The van der Waals surface area contributed by atoms with Crippen LogP contribution in [0, 0.1) is 20.2 Å². The number of ether oxygens (including phenoxy) is 1. The molecule has 1 heterocycles. The monoisotopic (exact) mass is 475 g/mol. The smallest absolute Gasteiger partial charge is 0.313 e. The summed E-state index contributed by atoms with van der Waals surface area (Å²) in [5.41, 5.74) is 0.176. The van der Waals surface area contributed by atoms with Crippen LogP contribution in [0.15, 0.2) is 42.0 Å². The summed E-state index contributed by atoms with van der Waals surface area (Å²) in [6, 6.07) is 7.32. The van der Waals surface area contributed by atoms with E-state index in [1.165, 1.54) is 30.3 Å². The summed E-state index contributed by atoms with van der Waals surface area (Å²) in [4.78, 5) is 21.4. The average molecular weight is 476 g/mol. The third kappa shape index (κ3) is 4.42. The number of hydrogen-bond donors (Lipinski definition) is 3. The number of non-ortho nitro benzene ring substituents is 1. The zero-order chi connectivity index (χ0) is 23.8. The van der Waals surface area contributed by atoms with Gasteiger partial charge in [0.05, 0.1) is 28.6 Å². The molecule has 0 amide bonds. The first-order valence-electron chi connectivity index (χ1n) is 10.4. The summed E-state index contributed by atoms with van der Waals surface area (Å²) in [5.74, 6) is 0.0732. The van der Waals surface area contributed by atoms with Gasteiger partial charge < -0.3 is 14.9 Å². The normalized spacial score (nSPS) is 21.1. The van der Waals surface area contributed by atoms with Crippen molar-refractivity contribution in [3.63, 3.8) is 0 Å². The Bertz CT molecular complexity index is 1120. The number of aliphatic hydroxyl groups is 2. The molecular weight excluding hydrogens is 454 g/mol. The van der Waals surface area contributed by atoms with Crippen LogP contribution in [-0.4, -0.2) is 38.4 Å². The van der Waals surface area contributed by atoms with Crippen molar-refractivity contribution in [3.8, 4) is 5.75 Å². The molecule has 1 fully saturated rings. The molecule has 0 bridgehead atoms. The second kappa shape index (κ2) is 9.06. The van der Waals surface area contributed by atoms with Gasteiger partial charge in [-0.05, 0) is 54.7 Å². The van der Waals surface area contributed by atoms with Gasteiger partial charge in [-0.2, -0.15) is 0 Å². The number of fused-ring (bicyclic) bond motifs is 2. The lowest BCUT2D eigenvalue weighted by molar-refractivity contribution is -0.386. The van der Waals surface area contributed by atoms with Crippen LogP contribution in [0.3, 0.4) is 0 Å². The Labute approximate surface area is 193 Å². The molecule has 3 unspecified atom stereocenters. The predicted octanol–water partition coefficient (Wildman–Crippen LogP) is 3.89. The van der Waals surface area contributed by atoms with Crippen molar-refractivity contribution < 1.29 is 24.8 Å². The van der Waals surface area contributed by atoms with Crippen molar-refractivity contribution in [3.05, 3.63) is 78.3 Å². The van der Waals surface area contributed by atoms with Crippen LogP contribution in [-0.2, 0) is 0 Å². The van der Waals surface area contributed by atoms with Gasteiger partial charge in [-0.15, -0.1) is 0 Å². The van der Waals surface area contributed by atoms with E-state index < -0.39 is 34.3 Å². The number of halogens is 1. The molecule has 2 aliphatic rings. The summed E-state index contributed by atoms with van der Waals surface area (Å²) in [5, 5.41) is 46.9. The molecule has 174 valence electrons. The lowest BCUT2D eigenvalue weighted by Gasteiger charge is -2.45. The molecule has 2 aromatic carbocycles. The SMILES string of the molecule is O=[N+]([O-])c1ccc(C(O)C(CO)NC23CCCCC2=Cc2cc(Cl)cc([N+](=O)[O-])c2O3)cc1. The summed E-state index contributed by atoms with van der Waals surface area (Å²) in [6.07, 6.45) is 3.41. The van der Waals surface area contributed by atoms with Crippen molar-refractivity contribution in [2.24, 2.45) is 0 Å². The molecule has 2 aromatic rings. The van der Waals surface area contributed by atoms with Gasteiger partial charge in [0, 0.05) is 35.2 Å². The largest absolute Gasteiger partial charge is 0.461 e. The molecule has 1 aliphatic carbocycles. The third-order valence-corrected chi connectivity index (χ3v) is 6.27. The number of nitrogens with zero attached hydrogens (tertiary/aromatic N) is 2. The molecule has 3 atom stereocenters. The summed E-state index contributed by atoms with van der Waals surface area (Å²) >= 11 is 6.07. The Morgan fingerprint density at radius 2 is 1.88 bits per heavy atom. The second-order valence-corrected chi connectivity index (χ2v) is 8.57. The van der Waals surface area contributed by atoms with E-state index in [2.05, 4.69) is 5.32 Å². The molecule has 11 heteroatoms. The molecule has 0 radical (unpaired) electrons. The maximum absolute atomic E-state index is 11.6. The van der Waals surface area contributed by atoms with Crippen LogP contribution in [0.25, 0.3) is 6.08 Å². The minimum absolute atomic E-state index is 0.0732. The lowest BCUT2D eigenvalue weighted by Crippen LogP contribution is -2.60. The van der Waals surface area contributed by atoms with Crippen LogP contribution in [0.5, 0.6) is 5.75 Å². The predicted molar refractivity (Wildman–Crippen MR) is 120 cm³/mol. The highest BCUT2D eigenvalue weighted by atomic mass is 35.5. The van der Waals surface area contributed by atoms with Gasteiger partial charge in [-0.3, -0.25) is 25.5 Å². The highest BCUT2D eigenvalue weighted by Crippen LogP contribution is 2.47. The number of nitro groups is 2. The van der Waals surface area contributed by atoms with Crippen molar-refractivity contribution >= 4 is 29.1 Å². The van der Waals surface area contributed by atoms with Crippen molar-refractivity contribution in [1.29, 1.82) is 0 Å². The van der Waals surface area contributed by atoms with Crippen molar-refractivity contribution in [1.82, 2.24) is 5.32 Å². The zero-order valence-electron chi connectivity index (χ0n) is 17.4. The number of benzene rings is 2. The standard InChI is InChI=1S/C22H22ClN3O7/c23-16-10-14-9-15-3-1-2-8-22(15,33-21(14)19(11-16)26(31)32)24-18(12-27)20(28)13-4-6-17(7-5-13)25(29)30/h4-7,9-11,18,20,24,27-28H,1-3,8,12H2. The number of rotatable bonds is 7. The highest BCUT2D eigenvalue weighted by Gasteiger charge is 2.45. The minimum atomic E-state index is -1.21. The average Bonchev–Trinajstić information content (AvgIpc) is 2.80. The number of nitrogens with one attached hydrogen (secondary N) is 1. The molecule has 1 aliphatic heterocycles. The van der Waals surface area contributed by atoms with Crippen LogP contribution in [0.2, 0.25) is 5.02 Å². The van der Waals surface area contributed by atoms with Gasteiger partial charge >= 0.3 is 5.69 Å². The topological polar surface area (TPSA) is 148 Å². The van der Waals surface area contributed by atoms with Gasteiger partial charge in [0.2, 0.25) is 5.75 Å². The first-order valence-corrected chi connectivity index (χ1v) is 10.8. The van der Waals surface area contributed by atoms with Gasteiger partial charge in [0.1, 0.15) is 0 Å². The summed E-state index contributed by atoms with van der Waals surface area (Å²) in [7, 11) is 0. The van der Waals surface area contributed by atoms with E-state index in [4.69, 9.17) is 16.3 Å². The van der Waals surface area contributed by atoms with Gasteiger partial charge in [-0.1, -0.05) is 11.6 Å². The first-order chi connectivity index (χ1) is 15.7. The van der Waals surface area contributed by atoms with E-state index in [0.29, 0.717) is 24.0 Å². The van der Waals surface area contributed by atoms with Crippen LogP contribution < -0.4 is 10.1 Å². The van der Waals surface area contributed by atoms with E-state index in [0.717, 1.165) is 18.4 Å². The summed E-state index contributed by atoms with van der Waals surface area (Å²) < 4.78 is 6.25. The van der Waals surface area contributed by atoms with E-state index in [-0.39, 0.29) is 22.1 Å². The second-order valence-electron chi connectivity index (χ2n) is 8.13. The number of nitro benzene ring substituents is 2. The molecule has 1 saturated carbocycles. The van der Waals surface area contributed by atoms with Gasteiger partial charge in [0.15, 0.2) is 5.72 Å². The zero-order valence-corrected chi connectivity index (χ0v) is 18.2. The highest BCUT2D eigenvalue weighted by molar-refractivity contribution is 6.31. The molecular formula is C22H22ClN3O7. The van der Waals surface area contributed by atoms with Crippen molar-refractivity contribution in [2.75, 3.05) is 6.61 Å². The Balaban J connectivity index is 1.68. The van der Waals surface area contributed by atoms with E-state index in [1.807, 2.05) is 6.08 Å². The maximum Gasteiger partial charge on any atom is 0.313 e. The van der Waals surface area contributed by atoms with Crippen LogP contribution in [0.1, 0.15) is 42.9 Å². The van der Waals surface area contributed by atoms with Gasteiger partial charge in [-0.25, -0.2) is 0 Å². The van der Waals surface area contributed by atoms with Crippen LogP contribution in [0.4, 0.5) is 11.4 Å². The Morgan fingerprint density at radius 1 is 1.15 bits per heavy atom. The Morgan fingerprint density at radius 3 is 2.52 bits per heavy atom. The molecule has 0 aromatic heterocycles. The fourth-order valence-corrected chi connectivity index (χ4v) is 4.64. The molecule has 3 N–H and O–H groups in total. The van der Waals surface area contributed by atoms with Crippen molar-refractivity contribution in [2.45, 2.75) is 43.6 Å². The summed E-state index contributed by atoms with van der Waals surface area (Å²) in [6.45, 7) is -0.466. The molecule has 33 heavy (non-hydrogen) atoms. The molecule has 0 saturated heterocycles. The Hall–Kier alpha value is -3.05. The van der Waals surface area contributed by atoms with Gasteiger partial charge in [0.25, 0.3) is 5.69 Å².